The topological polar surface area (TPSA) is 38.0 Å². The summed E-state index contributed by atoms with van der Waals surface area (Å²) in [5.74, 6) is 1.41. The summed E-state index contributed by atoms with van der Waals surface area (Å²) < 4.78 is 11.5. The number of benzene rings is 3. The van der Waals surface area contributed by atoms with E-state index in [0.717, 1.165) is 33.4 Å². The molecular weight excluding hydrogens is 384 g/mol. The Bertz CT molecular complexity index is 1230. The van der Waals surface area contributed by atoms with E-state index in [0.29, 0.717) is 16.4 Å². The molecule has 0 aliphatic carbocycles. The van der Waals surface area contributed by atoms with Gasteiger partial charge >= 0.3 is 0 Å². The molecule has 29 heavy (non-hydrogen) atoms. The second kappa shape index (κ2) is 8.02. The Morgan fingerprint density at radius 3 is 2.38 bits per heavy atom. The zero-order chi connectivity index (χ0) is 20.4. The lowest BCUT2D eigenvalue weighted by Crippen LogP contribution is -2.08. The second-order valence-corrected chi connectivity index (χ2v) is 7.27. The summed E-state index contributed by atoms with van der Waals surface area (Å²) in [6, 6.07) is 23.3. The number of hydrogen-bond acceptors (Lipinski definition) is 4. The number of methoxy groups -OCH3 is 1. The molecule has 0 atom stereocenters. The van der Waals surface area contributed by atoms with Crippen LogP contribution in [0.25, 0.3) is 22.3 Å². The van der Waals surface area contributed by atoms with Crippen LogP contribution in [0.2, 0.25) is 5.02 Å². The molecule has 0 radical (unpaired) electrons. The van der Waals surface area contributed by atoms with Crippen molar-refractivity contribution in [2.45, 2.75) is 0 Å². The average Bonchev–Trinajstić information content (AvgIpc) is 2.74. The summed E-state index contributed by atoms with van der Waals surface area (Å²) >= 11 is 6.40. The quantitative estimate of drug-likeness (QED) is 0.415. The van der Waals surface area contributed by atoms with Crippen molar-refractivity contribution in [1.82, 2.24) is 0 Å². The van der Waals surface area contributed by atoms with Gasteiger partial charge in [-0.25, -0.2) is 4.99 Å². The summed E-state index contributed by atoms with van der Waals surface area (Å²) in [5, 5.41) is 2.29. The Kier molecular flexibility index (Phi) is 5.28. The van der Waals surface area contributed by atoms with Crippen molar-refractivity contribution in [2.75, 3.05) is 26.1 Å². The first-order valence-corrected chi connectivity index (χ1v) is 9.62. The third kappa shape index (κ3) is 3.98. The van der Waals surface area contributed by atoms with Gasteiger partial charge in [0.25, 0.3) is 0 Å². The largest absolute Gasteiger partial charge is 0.497 e. The van der Waals surface area contributed by atoms with Gasteiger partial charge in [0.1, 0.15) is 17.1 Å². The van der Waals surface area contributed by atoms with Gasteiger partial charge in [-0.3, -0.25) is 0 Å². The van der Waals surface area contributed by atoms with Crippen molar-refractivity contribution in [1.29, 1.82) is 0 Å². The first-order chi connectivity index (χ1) is 14.0. The fourth-order valence-electron chi connectivity index (χ4n) is 3.13. The zero-order valence-corrected chi connectivity index (χ0v) is 17.3. The Morgan fingerprint density at radius 2 is 1.69 bits per heavy atom. The second-order valence-electron chi connectivity index (χ2n) is 6.86. The van der Waals surface area contributed by atoms with Crippen LogP contribution in [0.15, 0.2) is 82.2 Å². The van der Waals surface area contributed by atoms with Gasteiger partial charge in [0.2, 0.25) is 0 Å². The number of hydrogen-bond donors (Lipinski definition) is 0. The number of halogens is 1. The van der Waals surface area contributed by atoms with Gasteiger partial charge in [-0.1, -0.05) is 23.7 Å². The molecule has 0 saturated carbocycles. The number of rotatable bonds is 4. The lowest BCUT2D eigenvalue weighted by atomic mass is 10.1. The number of fused-ring (bicyclic) bond motifs is 1. The Hall–Kier alpha value is -3.24. The van der Waals surface area contributed by atoms with E-state index in [1.54, 1.807) is 7.11 Å². The molecule has 0 aliphatic rings. The van der Waals surface area contributed by atoms with Gasteiger partial charge in [0.05, 0.1) is 23.2 Å². The summed E-state index contributed by atoms with van der Waals surface area (Å²) in [6.45, 7) is 0. The molecule has 0 unspecified atom stereocenters. The molecule has 0 amide bonds. The maximum absolute atomic E-state index is 6.40. The van der Waals surface area contributed by atoms with Crippen molar-refractivity contribution in [3.05, 3.63) is 83.2 Å². The maximum Gasteiger partial charge on any atom is 0.138 e. The Morgan fingerprint density at radius 1 is 0.931 bits per heavy atom. The molecule has 0 saturated heterocycles. The van der Waals surface area contributed by atoms with Crippen LogP contribution >= 0.6 is 11.6 Å². The third-order valence-corrected chi connectivity index (χ3v) is 5.03. The molecule has 4 aromatic rings. The van der Waals surface area contributed by atoms with Gasteiger partial charge in [-0.15, -0.1) is 0 Å². The summed E-state index contributed by atoms with van der Waals surface area (Å²) in [5.41, 5.74) is 3.52. The smallest absolute Gasteiger partial charge is 0.138 e. The van der Waals surface area contributed by atoms with Gasteiger partial charge in [0.15, 0.2) is 0 Å². The van der Waals surface area contributed by atoms with E-state index in [4.69, 9.17) is 25.7 Å². The van der Waals surface area contributed by atoms with Crippen molar-refractivity contribution in [3.8, 4) is 17.1 Å². The Labute approximate surface area is 174 Å². The predicted molar refractivity (Wildman–Crippen MR) is 119 cm³/mol. The van der Waals surface area contributed by atoms with E-state index in [1.165, 1.54) is 0 Å². The highest BCUT2D eigenvalue weighted by Gasteiger charge is 2.10. The van der Waals surface area contributed by atoms with E-state index < -0.39 is 0 Å². The van der Waals surface area contributed by atoms with E-state index >= 15 is 0 Å². The first kappa shape index (κ1) is 19.1. The van der Waals surface area contributed by atoms with Gasteiger partial charge < -0.3 is 14.1 Å². The summed E-state index contributed by atoms with van der Waals surface area (Å²) in [7, 11) is 5.67. The van der Waals surface area contributed by atoms with E-state index in [9.17, 15) is 0 Å². The van der Waals surface area contributed by atoms with Crippen LogP contribution in [0, 0.1) is 0 Å². The van der Waals surface area contributed by atoms with E-state index in [2.05, 4.69) is 4.90 Å². The van der Waals surface area contributed by atoms with E-state index in [1.807, 2.05) is 86.9 Å². The standard InChI is InChI=1S/C24H21ClN2O2/c1-27(2)17-10-8-16(9-11-17)26-22-15-24(19-6-4-5-7-21(19)25)29-23-13-12-18(28-3)14-20(22)23/h4-15H,1-3H3. The first-order valence-electron chi connectivity index (χ1n) is 9.24. The minimum atomic E-state index is 0.630. The Balaban J connectivity index is 1.95. The minimum absolute atomic E-state index is 0.630. The molecule has 1 aromatic heterocycles. The SMILES string of the molecule is COc1ccc2oc(-c3ccccc3Cl)cc(=Nc3ccc(N(C)C)cc3)c2c1. The van der Waals surface area contributed by atoms with Gasteiger partial charge in [0, 0.05) is 36.8 Å². The van der Waals surface area contributed by atoms with Crippen LogP contribution in [0.4, 0.5) is 11.4 Å². The average molecular weight is 405 g/mol. The van der Waals surface area contributed by atoms with Gasteiger partial charge in [-0.05, 0) is 54.6 Å². The highest BCUT2D eigenvalue weighted by molar-refractivity contribution is 6.33. The van der Waals surface area contributed by atoms with Gasteiger partial charge in [-0.2, -0.15) is 0 Å². The fraction of sp³-hybridized carbons (Fsp3) is 0.125. The van der Waals surface area contributed by atoms with Crippen LogP contribution in [0.5, 0.6) is 5.75 Å². The molecule has 0 N–H and O–H groups in total. The lowest BCUT2D eigenvalue weighted by molar-refractivity contribution is 0.415. The lowest BCUT2D eigenvalue weighted by Gasteiger charge is -2.11. The van der Waals surface area contributed by atoms with Crippen LogP contribution in [0.1, 0.15) is 0 Å². The molecule has 146 valence electrons. The molecule has 3 aromatic carbocycles. The molecule has 5 heteroatoms. The van der Waals surface area contributed by atoms with Crippen molar-refractivity contribution >= 4 is 33.9 Å². The molecule has 4 rings (SSSR count). The third-order valence-electron chi connectivity index (χ3n) is 4.71. The minimum Gasteiger partial charge on any atom is -0.497 e. The van der Waals surface area contributed by atoms with Crippen LogP contribution in [-0.2, 0) is 0 Å². The highest BCUT2D eigenvalue weighted by Crippen LogP contribution is 2.30. The number of ether oxygens (including phenoxy) is 1. The molecule has 0 spiro atoms. The van der Waals surface area contributed by atoms with E-state index in [-0.39, 0.29) is 0 Å². The molecule has 0 aliphatic heterocycles. The summed E-state index contributed by atoms with van der Waals surface area (Å²) in [6.07, 6.45) is 0. The van der Waals surface area contributed by atoms with Crippen LogP contribution in [-0.4, -0.2) is 21.2 Å². The summed E-state index contributed by atoms with van der Waals surface area (Å²) in [4.78, 5) is 6.94. The molecule has 0 bridgehead atoms. The van der Waals surface area contributed by atoms with Crippen molar-refractivity contribution < 1.29 is 9.15 Å². The monoisotopic (exact) mass is 404 g/mol. The normalized spacial score (nSPS) is 11.7. The number of nitrogens with zero attached hydrogens (tertiary/aromatic N) is 2. The fourth-order valence-corrected chi connectivity index (χ4v) is 3.35. The molecule has 4 nitrogen and oxygen atoms in total. The van der Waals surface area contributed by atoms with Crippen molar-refractivity contribution in [3.63, 3.8) is 0 Å². The maximum atomic E-state index is 6.40. The van der Waals surface area contributed by atoms with Crippen LogP contribution < -0.4 is 15.0 Å². The highest BCUT2D eigenvalue weighted by atomic mass is 35.5. The molecule has 0 fully saturated rings. The predicted octanol–water partition coefficient (Wildman–Crippen LogP) is 6.06. The zero-order valence-electron chi connectivity index (χ0n) is 16.5. The van der Waals surface area contributed by atoms with Crippen molar-refractivity contribution in [2.24, 2.45) is 4.99 Å². The number of anilines is 1. The molecular formula is C24H21ClN2O2. The molecule has 1 heterocycles. The van der Waals surface area contributed by atoms with Crippen LogP contribution in [0.3, 0.4) is 0 Å².